The van der Waals surface area contributed by atoms with Crippen LogP contribution < -0.4 is 4.74 Å². The zero-order valence-electron chi connectivity index (χ0n) is 19.7. The normalized spacial score (nSPS) is 21.6. The van der Waals surface area contributed by atoms with Gasteiger partial charge in [0.1, 0.15) is 28.4 Å². The molecule has 32 heavy (non-hydrogen) atoms. The van der Waals surface area contributed by atoms with Crippen molar-refractivity contribution >= 4 is 11.0 Å². The number of para-hydroxylation sites is 1. The van der Waals surface area contributed by atoms with Crippen LogP contribution in [0.25, 0.3) is 22.3 Å². The lowest BCUT2D eigenvalue weighted by Crippen LogP contribution is -2.45. The van der Waals surface area contributed by atoms with Crippen LogP contribution in [-0.2, 0) is 6.42 Å². The largest absolute Gasteiger partial charge is 0.507 e. The summed E-state index contributed by atoms with van der Waals surface area (Å²) < 4.78 is 12.8. The molecular formula is C29H34O3. The Morgan fingerprint density at radius 2 is 1.94 bits per heavy atom. The maximum atomic E-state index is 11.8. The summed E-state index contributed by atoms with van der Waals surface area (Å²) in [7, 11) is 0. The number of benzene rings is 2. The monoisotopic (exact) mass is 430 g/mol. The molecule has 0 spiro atoms. The average Bonchev–Trinajstić information content (AvgIpc) is 3.16. The molecule has 0 fully saturated rings. The molecular weight excluding hydrogens is 396 g/mol. The van der Waals surface area contributed by atoms with E-state index in [0.717, 1.165) is 77.7 Å². The summed E-state index contributed by atoms with van der Waals surface area (Å²) in [5, 5.41) is 12.8. The molecule has 0 saturated heterocycles. The molecule has 168 valence electrons. The van der Waals surface area contributed by atoms with Crippen LogP contribution in [0.4, 0.5) is 0 Å². The molecule has 2 aromatic carbocycles. The minimum Gasteiger partial charge on any atom is -0.507 e. The number of aryl methyl sites for hydroxylation is 1. The molecule has 2 heterocycles. The molecule has 1 aromatic heterocycles. The number of hydrogen-bond acceptors (Lipinski definition) is 3. The number of aromatic hydroxyl groups is 1. The number of phenolic OH excluding ortho intramolecular Hbond substituents is 1. The van der Waals surface area contributed by atoms with Crippen molar-refractivity contribution in [3.8, 4) is 22.8 Å². The molecule has 0 saturated carbocycles. The Hall–Kier alpha value is -2.68. The van der Waals surface area contributed by atoms with E-state index < -0.39 is 0 Å². The fraction of sp³-hybridized carbons (Fsp3) is 0.448. The lowest BCUT2D eigenvalue weighted by atomic mass is 9.67. The Bertz CT molecular complexity index is 1150. The fourth-order valence-corrected chi connectivity index (χ4v) is 5.75. The summed E-state index contributed by atoms with van der Waals surface area (Å²) in [6, 6.07) is 12.3. The molecule has 1 aliphatic carbocycles. The Kier molecular flexibility index (Phi) is 5.31. The Morgan fingerprint density at radius 1 is 1.12 bits per heavy atom. The third kappa shape index (κ3) is 3.52. The van der Waals surface area contributed by atoms with Crippen LogP contribution in [0.1, 0.15) is 76.8 Å². The molecule has 0 radical (unpaired) electrons. The zero-order chi connectivity index (χ0) is 22.5. The summed E-state index contributed by atoms with van der Waals surface area (Å²) in [5.74, 6) is 2.43. The number of hydrogen-bond donors (Lipinski definition) is 1. The summed E-state index contributed by atoms with van der Waals surface area (Å²) in [5.41, 5.74) is 4.87. The highest BCUT2D eigenvalue weighted by molar-refractivity contribution is 5.86. The lowest BCUT2D eigenvalue weighted by Gasteiger charge is -2.46. The van der Waals surface area contributed by atoms with Gasteiger partial charge in [-0.15, -0.1) is 0 Å². The molecule has 3 nitrogen and oxygen atoms in total. The van der Waals surface area contributed by atoms with Gasteiger partial charge in [0.05, 0.1) is 5.56 Å². The fourth-order valence-electron chi connectivity index (χ4n) is 5.75. The quantitative estimate of drug-likeness (QED) is 0.328. The molecule has 0 bridgehead atoms. The maximum Gasteiger partial charge on any atom is 0.139 e. The zero-order valence-corrected chi connectivity index (χ0v) is 19.7. The van der Waals surface area contributed by atoms with Gasteiger partial charge in [0.15, 0.2) is 0 Å². The number of furan rings is 1. The molecule has 3 aromatic rings. The topological polar surface area (TPSA) is 42.6 Å². The van der Waals surface area contributed by atoms with Gasteiger partial charge in [0.2, 0.25) is 0 Å². The molecule has 3 heteroatoms. The van der Waals surface area contributed by atoms with Crippen LogP contribution in [0.5, 0.6) is 11.5 Å². The van der Waals surface area contributed by atoms with Gasteiger partial charge in [-0.3, -0.25) is 0 Å². The van der Waals surface area contributed by atoms with Gasteiger partial charge in [-0.1, -0.05) is 49.6 Å². The highest BCUT2D eigenvalue weighted by atomic mass is 16.5. The van der Waals surface area contributed by atoms with Gasteiger partial charge in [-0.2, -0.15) is 0 Å². The van der Waals surface area contributed by atoms with E-state index in [9.17, 15) is 5.11 Å². The molecule has 2 aliphatic rings. The third-order valence-electron chi connectivity index (χ3n) is 7.45. The molecule has 1 aliphatic heterocycles. The Morgan fingerprint density at radius 3 is 2.72 bits per heavy atom. The van der Waals surface area contributed by atoms with E-state index in [4.69, 9.17) is 9.15 Å². The summed E-state index contributed by atoms with van der Waals surface area (Å²) in [4.78, 5) is 0. The number of unbranched alkanes of at least 4 members (excludes halogenated alkanes) is 2. The molecule has 1 N–H and O–H groups in total. The standard InChI is InChI=1S/C29H34O3/c1-5-6-7-11-20-17-25-27(21-15-18(2)13-14-22(21)29(3,4)32-25)28(30)26(20)24-16-19-10-8-9-12-23(19)31-24/h8-10,12,15-17,21-22,30H,5-7,11,13-14H2,1-4H3. The smallest absolute Gasteiger partial charge is 0.139 e. The second-order valence-corrected chi connectivity index (χ2v) is 10.2. The van der Waals surface area contributed by atoms with E-state index in [0.29, 0.717) is 11.7 Å². The van der Waals surface area contributed by atoms with E-state index in [2.05, 4.69) is 52.0 Å². The van der Waals surface area contributed by atoms with E-state index in [1.165, 1.54) is 5.57 Å². The van der Waals surface area contributed by atoms with Gasteiger partial charge >= 0.3 is 0 Å². The van der Waals surface area contributed by atoms with Gasteiger partial charge in [-0.05, 0) is 70.2 Å². The molecule has 0 amide bonds. The van der Waals surface area contributed by atoms with Gasteiger partial charge < -0.3 is 14.3 Å². The van der Waals surface area contributed by atoms with Crippen LogP contribution in [0.15, 0.2) is 52.5 Å². The first-order valence-electron chi connectivity index (χ1n) is 12.1. The predicted octanol–water partition coefficient (Wildman–Crippen LogP) is 8.15. The first kappa shape index (κ1) is 21.2. The van der Waals surface area contributed by atoms with Crippen LogP contribution in [0.2, 0.25) is 0 Å². The van der Waals surface area contributed by atoms with E-state index >= 15 is 0 Å². The van der Waals surface area contributed by atoms with Crippen molar-refractivity contribution in [3.63, 3.8) is 0 Å². The number of rotatable bonds is 5. The van der Waals surface area contributed by atoms with E-state index in [1.54, 1.807) is 0 Å². The van der Waals surface area contributed by atoms with Gasteiger partial charge in [0, 0.05) is 22.8 Å². The van der Waals surface area contributed by atoms with Gasteiger partial charge in [-0.25, -0.2) is 0 Å². The second-order valence-electron chi connectivity index (χ2n) is 10.2. The van der Waals surface area contributed by atoms with Crippen molar-refractivity contribution in [1.82, 2.24) is 0 Å². The Labute approximate surface area is 191 Å². The minimum atomic E-state index is -0.261. The number of allylic oxidation sites excluding steroid dienone is 2. The van der Waals surface area contributed by atoms with E-state index in [-0.39, 0.29) is 11.5 Å². The van der Waals surface area contributed by atoms with Crippen molar-refractivity contribution in [1.29, 1.82) is 0 Å². The van der Waals surface area contributed by atoms with Crippen LogP contribution in [0, 0.1) is 5.92 Å². The first-order chi connectivity index (χ1) is 15.4. The van der Waals surface area contributed by atoms with Gasteiger partial charge in [0.25, 0.3) is 0 Å². The number of phenols is 1. The minimum absolute atomic E-state index is 0.162. The number of ether oxygens (including phenoxy) is 1. The van der Waals surface area contributed by atoms with Crippen LogP contribution in [-0.4, -0.2) is 10.7 Å². The highest BCUT2D eigenvalue weighted by Gasteiger charge is 2.46. The SMILES string of the molecule is CCCCCc1cc2c(c(O)c1-c1cc3ccccc3o1)C1C=C(C)CCC1C(C)(C)O2. The van der Waals surface area contributed by atoms with Crippen molar-refractivity contribution < 1.29 is 14.3 Å². The predicted molar refractivity (Wildman–Crippen MR) is 130 cm³/mol. The van der Waals surface area contributed by atoms with Crippen molar-refractivity contribution in [2.24, 2.45) is 5.92 Å². The summed E-state index contributed by atoms with van der Waals surface area (Å²) in [6.07, 6.45) is 8.83. The van der Waals surface area contributed by atoms with Crippen LogP contribution >= 0.6 is 0 Å². The maximum absolute atomic E-state index is 11.8. The average molecular weight is 431 g/mol. The third-order valence-corrected chi connectivity index (χ3v) is 7.45. The molecule has 5 rings (SSSR count). The highest BCUT2D eigenvalue weighted by Crippen LogP contribution is 2.56. The lowest BCUT2D eigenvalue weighted by molar-refractivity contribution is 0.0107. The molecule has 2 unspecified atom stereocenters. The first-order valence-corrected chi connectivity index (χ1v) is 12.1. The van der Waals surface area contributed by atoms with E-state index in [1.807, 2.05) is 18.2 Å². The Balaban J connectivity index is 1.72. The second kappa shape index (κ2) is 8.03. The van der Waals surface area contributed by atoms with Crippen LogP contribution in [0.3, 0.4) is 0 Å². The molecule has 2 atom stereocenters. The van der Waals surface area contributed by atoms with Crippen molar-refractivity contribution in [3.05, 3.63) is 59.2 Å². The summed E-state index contributed by atoms with van der Waals surface area (Å²) in [6.45, 7) is 8.81. The van der Waals surface area contributed by atoms with Crippen molar-refractivity contribution in [2.75, 3.05) is 0 Å². The number of fused-ring (bicyclic) bond motifs is 4. The summed E-state index contributed by atoms with van der Waals surface area (Å²) >= 11 is 0. The van der Waals surface area contributed by atoms with Crippen molar-refractivity contribution in [2.45, 2.75) is 77.7 Å².